The van der Waals surface area contributed by atoms with Crippen molar-refractivity contribution in [3.05, 3.63) is 47.4 Å². The Balaban J connectivity index is 1.91. The Hall–Kier alpha value is -1.99. The van der Waals surface area contributed by atoms with Gasteiger partial charge in [0.2, 0.25) is 0 Å². The van der Waals surface area contributed by atoms with Gasteiger partial charge in [0.25, 0.3) is 0 Å². The van der Waals surface area contributed by atoms with Gasteiger partial charge in [0.05, 0.1) is 4.90 Å². The second kappa shape index (κ2) is 5.90. The van der Waals surface area contributed by atoms with E-state index in [0.717, 1.165) is 24.3 Å². The summed E-state index contributed by atoms with van der Waals surface area (Å²) < 4.78 is 23.5. The van der Waals surface area contributed by atoms with E-state index >= 15 is 0 Å². The van der Waals surface area contributed by atoms with Gasteiger partial charge < -0.3 is 10.0 Å². The SMILES string of the molecule is C[C@@H](O)c1nccc(N2CCc3ccc(S(C)(=O)=O)cc3C2)n1. The minimum Gasteiger partial charge on any atom is -0.385 e. The van der Waals surface area contributed by atoms with Gasteiger partial charge in [0.1, 0.15) is 11.9 Å². The molecule has 122 valence electrons. The van der Waals surface area contributed by atoms with Crippen LogP contribution in [0.5, 0.6) is 0 Å². The van der Waals surface area contributed by atoms with Gasteiger partial charge in [-0.15, -0.1) is 0 Å². The molecule has 23 heavy (non-hydrogen) atoms. The molecule has 2 heterocycles. The molecular formula is C16H19N3O3S. The summed E-state index contributed by atoms with van der Waals surface area (Å²) in [5, 5.41) is 9.62. The lowest BCUT2D eigenvalue weighted by Crippen LogP contribution is -2.31. The van der Waals surface area contributed by atoms with Crippen molar-refractivity contribution in [3.8, 4) is 0 Å². The molecule has 3 rings (SSSR count). The molecule has 1 aromatic heterocycles. The highest BCUT2D eigenvalue weighted by Gasteiger charge is 2.20. The van der Waals surface area contributed by atoms with Gasteiger partial charge in [-0.3, -0.25) is 0 Å². The predicted octanol–water partition coefficient (Wildman–Crippen LogP) is 1.50. The molecule has 6 nitrogen and oxygen atoms in total. The highest BCUT2D eigenvalue weighted by atomic mass is 32.2. The van der Waals surface area contributed by atoms with Crippen molar-refractivity contribution in [2.24, 2.45) is 0 Å². The molecule has 1 N–H and O–H groups in total. The van der Waals surface area contributed by atoms with Crippen molar-refractivity contribution in [1.82, 2.24) is 9.97 Å². The van der Waals surface area contributed by atoms with E-state index in [4.69, 9.17) is 0 Å². The summed E-state index contributed by atoms with van der Waals surface area (Å²) in [4.78, 5) is 10.9. The monoisotopic (exact) mass is 333 g/mol. The summed E-state index contributed by atoms with van der Waals surface area (Å²) in [6.45, 7) is 3.01. The molecule has 1 aromatic carbocycles. The van der Waals surface area contributed by atoms with E-state index in [2.05, 4.69) is 14.9 Å². The van der Waals surface area contributed by atoms with Crippen molar-refractivity contribution in [2.75, 3.05) is 17.7 Å². The van der Waals surface area contributed by atoms with Gasteiger partial charge in [-0.2, -0.15) is 0 Å². The summed E-state index contributed by atoms with van der Waals surface area (Å²) in [6.07, 6.45) is 2.96. The Morgan fingerprint density at radius 2 is 2.04 bits per heavy atom. The van der Waals surface area contributed by atoms with Crippen LogP contribution in [0.3, 0.4) is 0 Å². The van der Waals surface area contributed by atoms with Crippen LogP contribution in [0, 0.1) is 0 Å². The number of anilines is 1. The van der Waals surface area contributed by atoms with E-state index < -0.39 is 15.9 Å². The van der Waals surface area contributed by atoms with E-state index in [-0.39, 0.29) is 0 Å². The molecule has 0 saturated heterocycles. The number of fused-ring (bicyclic) bond motifs is 1. The van der Waals surface area contributed by atoms with Gasteiger partial charge in [-0.25, -0.2) is 18.4 Å². The number of hydrogen-bond acceptors (Lipinski definition) is 6. The maximum absolute atomic E-state index is 11.7. The van der Waals surface area contributed by atoms with Crippen LogP contribution in [-0.2, 0) is 22.8 Å². The minimum atomic E-state index is -3.21. The van der Waals surface area contributed by atoms with Crippen molar-refractivity contribution in [1.29, 1.82) is 0 Å². The quantitative estimate of drug-likeness (QED) is 0.916. The fourth-order valence-corrected chi connectivity index (χ4v) is 3.37. The minimum absolute atomic E-state index is 0.338. The summed E-state index contributed by atoms with van der Waals surface area (Å²) in [5.74, 6) is 1.13. The van der Waals surface area contributed by atoms with Crippen LogP contribution in [0.2, 0.25) is 0 Å². The van der Waals surface area contributed by atoms with E-state index in [1.807, 2.05) is 6.07 Å². The van der Waals surface area contributed by atoms with Gasteiger partial charge in [0, 0.05) is 25.5 Å². The number of aromatic nitrogens is 2. The molecule has 0 spiro atoms. The first-order valence-electron chi connectivity index (χ1n) is 7.42. The fraction of sp³-hybridized carbons (Fsp3) is 0.375. The van der Waals surface area contributed by atoms with Crippen molar-refractivity contribution in [2.45, 2.75) is 30.9 Å². The Kier molecular flexibility index (Phi) is 4.08. The van der Waals surface area contributed by atoms with Crippen LogP contribution < -0.4 is 4.90 Å². The summed E-state index contributed by atoms with van der Waals surface area (Å²) >= 11 is 0. The van der Waals surface area contributed by atoms with Crippen LogP contribution in [-0.4, -0.2) is 36.3 Å². The summed E-state index contributed by atoms with van der Waals surface area (Å²) in [6, 6.07) is 7.11. The Bertz CT molecular complexity index is 834. The molecular weight excluding hydrogens is 314 g/mol. The smallest absolute Gasteiger partial charge is 0.175 e. The summed E-state index contributed by atoms with van der Waals surface area (Å²) in [5.41, 5.74) is 2.16. The molecule has 0 bridgehead atoms. The van der Waals surface area contributed by atoms with Gasteiger partial charge in [0.15, 0.2) is 15.7 Å². The third-order valence-electron chi connectivity index (χ3n) is 3.98. The Morgan fingerprint density at radius 1 is 1.26 bits per heavy atom. The number of aliphatic hydroxyl groups excluding tert-OH is 1. The molecule has 2 aromatic rings. The van der Waals surface area contributed by atoms with Crippen molar-refractivity contribution in [3.63, 3.8) is 0 Å². The number of nitrogens with zero attached hydrogens (tertiary/aromatic N) is 3. The standard InChI is InChI=1S/C16H19N3O3S/c1-11(20)16-17-7-5-15(18-16)19-8-6-12-3-4-14(23(2,21)22)9-13(12)10-19/h3-5,7,9,11,20H,6,8,10H2,1-2H3/t11-/m1/s1. The van der Waals surface area contributed by atoms with E-state index in [9.17, 15) is 13.5 Å². The molecule has 0 amide bonds. The van der Waals surface area contributed by atoms with E-state index in [0.29, 0.717) is 17.3 Å². The largest absolute Gasteiger partial charge is 0.385 e. The highest BCUT2D eigenvalue weighted by molar-refractivity contribution is 7.90. The first-order valence-corrected chi connectivity index (χ1v) is 9.31. The van der Waals surface area contributed by atoms with Crippen LogP contribution in [0.4, 0.5) is 5.82 Å². The molecule has 0 saturated carbocycles. The molecule has 0 aliphatic carbocycles. The number of aliphatic hydroxyl groups is 1. The highest BCUT2D eigenvalue weighted by Crippen LogP contribution is 2.25. The lowest BCUT2D eigenvalue weighted by molar-refractivity contribution is 0.189. The van der Waals surface area contributed by atoms with Gasteiger partial charge in [-0.05, 0) is 42.7 Å². The van der Waals surface area contributed by atoms with Crippen LogP contribution >= 0.6 is 0 Å². The maximum atomic E-state index is 11.7. The normalized spacial score (nSPS) is 16.0. The number of sulfone groups is 1. The van der Waals surface area contributed by atoms with Crippen LogP contribution in [0.15, 0.2) is 35.4 Å². The van der Waals surface area contributed by atoms with Gasteiger partial charge >= 0.3 is 0 Å². The zero-order valence-electron chi connectivity index (χ0n) is 13.1. The second-order valence-electron chi connectivity index (χ2n) is 5.82. The average Bonchev–Trinajstić information content (AvgIpc) is 2.53. The Morgan fingerprint density at radius 3 is 2.74 bits per heavy atom. The molecule has 0 fully saturated rings. The zero-order chi connectivity index (χ0) is 16.6. The lowest BCUT2D eigenvalue weighted by Gasteiger charge is -2.30. The number of benzene rings is 1. The first kappa shape index (κ1) is 15.9. The maximum Gasteiger partial charge on any atom is 0.175 e. The third kappa shape index (κ3) is 3.35. The number of hydrogen-bond donors (Lipinski definition) is 1. The lowest BCUT2D eigenvalue weighted by atomic mass is 10.00. The van der Waals surface area contributed by atoms with E-state index in [1.165, 1.54) is 11.8 Å². The zero-order valence-corrected chi connectivity index (χ0v) is 13.9. The first-order chi connectivity index (χ1) is 10.8. The third-order valence-corrected chi connectivity index (χ3v) is 5.09. The van der Waals surface area contributed by atoms with Crippen LogP contribution in [0.25, 0.3) is 0 Å². The second-order valence-corrected chi connectivity index (χ2v) is 7.84. The van der Waals surface area contributed by atoms with E-state index in [1.54, 1.807) is 31.3 Å². The predicted molar refractivity (Wildman–Crippen MR) is 87.0 cm³/mol. The van der Waals surface area contributed by atoms with Gasteiger partial charge in [-0.1, -0.05) is 6.07 Å². The molecule has 0 radical (unpaired) electrons. The average molecular weight is 333 g/mol. The molecule has 1 atom stereocenters. The van der Waals surface area contributed by atoms with Crippen molar-refractivity contribution < 1.29 is 13.5 Å². The van der Waals surface area contributed by atoms with Crippen molar-refractivity contribution >= 4 is 15.7 Å². The topological polar surface area (TPSA) is 83.4 Å². The summed E-state index contributed by atoms with van der Waals surface area (Å²) in [7, 11) is -3.21. The molecule has 1 aliphatic rings. The van der Waals surface area contributed by atoms with Crippen LogP contribution in [0.1, 0.15) is 30.0 Å². The Labute approximate surface area is 135 Å². The molecule has 1 aliphatic heterocycles. The molecule has 0 unspecified atom stereocenters. The molecule has 7 heteroatoms. The number of rotatable bonds is 3. The fourth-order valence-electron chi connectivity index (χ4n) is 2.70.